The Morgan fingerprint density at radius 2 is 2.18 bits per heavy atom. The second-order valence-corrected chi connectivity index (χ2v) is 6.76. The van der Waals surface area contributed by atoms with E-state index in [-0.39, 0.29) is 10.7 Å². The summed E-state index contributed by atoms with van der Waals surface area (Å²) in [7, 11) is 0. The third kappa shape index (κ3) is 4.26. The molecule has 0 radical (unpaired) electrons. The molecular weight excluding hydrogens is 378 g/mol. The van der Waals surface area contributed by atoms with Crippen LogP contribution in [0.25, 0.3) is 5.57 Å². The van der Waals surface area contributed by atoms with Gasteiger partial charge in [-0.1, -0.05) is 17.7 Å². The van der Waals surface area contributed by atoms with E-state index >= 15 is 0 Å². The van der Waals surface area contributed by atoms with Crippen molar-refractivity contribution in [1.82, 2.24) is 15.0 Å². The predicted octanol–water partition coefficient (Wildman–Crippen LogP) is 4.47. The molecule has 0 bridgehead atoms. The second-order valence-electron chi connectivity index (χ2n) is 6.40. The van der Waals surface area contributed by atoms with Crippen LogP contribution in [-0.2, 0) is 0 Å². The van der Waals surface area contributed by atoms with Crippen LogP contribution in [0.2, 0.25) is 5.15 Å². The summed E-state index contributed by atoms with van der Waals surface area (Å²) in [6.07, 6.45) is 9.09. The summed E-state index contributed by atoms with van der Waals surface area (Å²) in [6.45, 7) is 7.15. The number of pyridine rings is 1. The van der Waals surface area contributed by atoms with Gasteiger partial charge in [0.1, 0.15) is 28.2 Å². The van der Waals surface area contributed by atoms with Crippen molar-refractivity contribution in [3.05, 3.63) is 64.1 Å². The number of allylic oxidation sites excluding steroid dienone is 3. The van der Waals surface area contributed by atoms with Crippen molar-refractivity contribution >= 4 is 35.7 Å². The van der Waals surface area contributed by atoms with E-state index in [4.69, 9.17) is 11.6 Å². The summed E-state index contributed by atoms with van der Waals surface area (Å²) in [5.41, 5.74) is 1.89. The lowest BCUT2D eigenvalue weighted by Gasteiger charge is -2.12. The van der Waals surface area contributed by atoms with E-state index in [2.05, 4.69) is 32.0 Å². The standard InChI is InChI=1S/C20H20ClN5O2/c1-4-12(14-10-24-18(21)17(11(14)2)20(27)28)9-16(22-3)25-15-7-8-23-19(26-15)13-5-6-13/h4,7-10,13H,3,5-6H2,1-2H3,(H,27,28)(H,23,25,26)/b12-4+,16-9+. The third-order valence-electron chi connectivity index (χ3n) is 4.46. The lowest BCUT2D eigenvalue weighted by molar-refractivity contribution is 0.0696. The quantitative estimate of drug-likeness (QED) is 0.406. The number of hydrogen-bond acceptors (Lipinski definition) is 6. The lowest BCUT2D eigenvalue weighted by Crippen LogP contribution is -2.06. The average molecular weight is 398 g/mol. The highest BCUT2D eigenvalue weighted by Gasteiger charge is 2.26. The van der Waals surface area contributed by atoms with E-state index in [1.807, 2.05) is 13.0 Å². The molecule has 0 atom stereocenters. The van der Waals surface area contributed by atoms with Gasteiger partial charge in [-0.25, -0.2) is 24.7 Å². The van der Waals surface area contributed by atoms with Crippen molar-refractivity contribution in [2.24, 2.45) is 4.99 Å². The minimum absolute atomic E-state index is 0.0159. The van der Waals surface area contributed by atoms with Gasteiger partial charge in [0.25, 0.3) is 0 Å². The number of nitrogens with one attached hydrogen (secondary N) is 1. The lowest BCUT2D eigenvalue weighted by atomic mass is 9.98. The van der Waals surface area contributed by atoms with Gasteiger partial charge in [-0.15, -0.1) is 0 Å². The molecule has 144 valence electrons. The third-order valence-corrected chi connectivity index (χ3v) is 4.75. The van der Waals surface area contributed by atoms with E-state index in [1.165, 1.54) is 0 Å². The molecule has 0 unspecified atom stereocenters. The van der Waals surface area contributed by atoms with Gasteiger partial charge in [-0.05, 0) is 56.7 Å². The molecule has 0 saturated heterocycles. The molecule has 1 fully saturated rings. The van der Waals surface area contributed by atoms with Crippen molar-refractivity contribution in [2.45, 2.75) is 32.6 Å². The fraction of sp³-hybridized carbons (Fsp3) is 0.250. The van der Waals surface area contributed by atoms with Gasteiger partial charge in [-0.3, -0.25) is 0 Å². The predicted molar refractivity (Wildman–Crippen MR) is 110 cm³/mol. The zero-order valence-electron chi connectivity index (χ0n) is 15.6. The van der Waals surface area contributed by atoms with E-state index in [9.17, 15) is 9.90 Å². The van der Waals surface area contributed by atoms with Gasteiger partial charge in [0.05, 0.1) is 0 Å². The second kappa shape index (κ2) is 8.31. The first-order valence-corrected chi connectivity index (χ1v) is 9.15. The number of aromatic nitrogens is 3. The summed E-state index contributed by atoms with van der Waals surface area (Å²) in [5, 5.41) is 12.5. The highest BCUT2D eigenvalue weighted by molar-refractivity contribution is 6.32. The summed E-state index contributed by atoms with van der Waals surface area (Å²) in [6, 6.07) is 1.76. The Morgan fingerprint density at radius 3 is 2.79 bits per heavy atom. The van der Waals surface area contributed by atoms with E-state index in [0.717, 1.165) is 24.2 Å². The molecule has 7 nitrogen and oxygen atoms in total. The molecule has 1 aliphatic rings. The van der Waals surface area contributed by atoms with Gasteiger partial charge in [-0.2, -0.15) is 0 Å². The molecule has 0 spiro atoms. The molecule has 1 aliphatic carbocycles. The number of rotatable bonds is 7. The number of aromatic carboxylic acids is 1. The number of aliphatic imine (C=N–C) groups is 1. The molecule has 2 heterocycles. The molecule has 2 aromatic heterocycles. The number of carboxylic acids is 1. The first-order valence-electron chi connectivity index (χ1n) is 8.78. The van der Waals surface area contributed by atoms with Crippen molar-refractivity contribution < 1.29 is 9.90 Å². The minimum atomic E-state index is -1.12. The molecule has 3 rings (SSSR count). The largest absolute Gasteiger partial charge is 0.478 e. The van der Waals surface area contributed by atoms with Crippen LogP contribution in [0.3, 0.4) is 0 Å². The van der Waals surface area contributed by atoms with Crippen molar-refractivity contribution in [3.8, 4) is 0 Å². The van der Waals surface area contributed by atoms with Crippen LogP contribution >= 0.6 is 11.6 Å². The zero-order valence-corrected chi connectivity index (χ0v) is 16.4. The molecule has 28 heavy (non-hydrogen) atoms. The Bertz CT molecular complexity index is 996. The Labute approximate surface area is 167 Å². The summed E-state index contributed by atoms with van der Waals surface area (Å²) in [4.78, 5) is 28.4. The fourth-order valence-corrected chi connectivity index (χ4v) is 3.08. The van der Waals surface area contributed by atoms with Gasteiger partial charge >= 0.3 is 5.97 Å². The van der Waals surface area contributed by atoms with Crippen molar-refractivity contribution in [3.63, 3.8) is 0 Å². The maximum absolute atomic E-state index is 11.5. The molecule has 0 aliphatic heterocycles. The molecular formula is C20H20ClN5O2. The van der Waals surface area contributed by atoms with Crippen molar-refractivity contribution in [1.29, 1.82) is 0 Å². The smallest absolute Gasteiger partial charge is 0.339 e. The van der Waals surface area contributed by atoms with Crippen LogP contribution in [0.5, 0.6) is 0 Å². The fourth-order valence-electron chi connectivity index (χ4n) is 2.81. The number of carbonyl (C=O) groups is 1. The summed E-state index contributed by atoms with van der Waals surface area (Å²) >= 11 is 5.95. The first-order chi connectivity index (χ1) is 13.4. The molecule has 1 saturated carbocycles. The number of halogens is 1. The highest BCUT2D eigenvalue weighted by atomic mass is 35.5. The maximum atomic E-state index is 11.5. The van der Waals surface area contributed by atoms with Crippen LogP contribution < -0.4 is 5.32 Å². The summed E-state index contributed by atoms with van der Waals surface area (Å²) < 4.78 is 0. The molecule has 0 aromatic carbocycles. The Kier molecular flexibility index (Phi) is 5.84. The van der Waals surface area contributed by atoms with Crippen molar-refractivity contribution in [2.75, 3.05) is 5.32 Å². The molecule has 8 heteroatoms. The van der Waals surface area contributed by atoms with Crippen LogP contribution in [0.15, 0.2) is 41.4 Å². The van der Waals surface area contributed by atoms with E-state index < -0.39 is 5.97 Å². The van der Waals surface area contributed by atoms with Gasteiger partial charge in [0, 0.05) is 23.9 Å². The minimum Gasteiger partial charge on any atom is -0.478 e. The number of hydrogen-bond donors (Lipinski definition) is 2. The Balaban J connectivity index is 1.92. The topological polar surface area (TPSA) is 100 Å². The SMILES string of the molecule is C=N/C(=C\C(=C/C)c1cnc(Cl)c(C(=O)O)c1C)Nc1ccnc(C2CC2)n1. The van der Waals surface area contributed by atoms with Crippen LogP contribution in [-0.4, -0.2) is 32.7 Å². The van der Waals surface area contributed by atoms with Crippen LogP contribution in [0.1, 0.15) is 53.0 Å². The number of anilines is 1. The molecule has 2 aromatic rings. The Morgan fingerprint density at radius 1 is 1.43 bits per heavy atom. The highest BCUT2D eigenvalue weighted by Crippen LogP contribution is 2.38. The van der Waals surface area contributed by atoms with E-state index in [0.29, 0.717) is 28.7 Å². The van der Waals surface area contributed by atoms with Gasteiger partial charge < -0.3 is 10.4 Å². The summed E-state index contributed by atoms with van der Waals surface area (Å²) in [5.74, 6) is 1.24. The number of carboxylic acid groups (broad SMARTS) is 1. The zero-order chi connectivity index (χ0) is 20.3. The first kappa shape index (κ1) is 19.7. The number of nitrogens with zero attached hydrogens (tertiary/aromatic N) is 4. The van der Waals surface area contributed by atoms with Gasteiger partial charge in [0.15, 0.2) is 0 Å². The monoisotopic (exact) mass is 397 g/mol. The van der Waals surface area contributed by atoms with E-state index in [1.54, 1.807) is 31.5 Å². The average Bonchev–Trinajstić information content (AvgIpc) is 3.51. The van der Waals surface area contributed by atoms with Gasteiger partial charge in [0.2, 0.25) is 0 Å². The van der Waals surface area contributed by atoms with Crippen LogP contribution in [0.4, 0.5) is 5.82 Å². The molecule has 2 N–H and O–H groups in total. The molecule has 0 amide bonds. The Hall–Kier alpha value is -3.06. The van der Waals surface area contributed by atoms with Crippen LogP contribution in [0, 0.1) is 6.92 Å². The maximum Gasteiger partial charge on any atom is 0.339 e. The normalized spacial score (nSPS) is 14.7.